The average Bonchev–Trinajstić information content (AvgIpc) is 3.22. The normalized spacial score (nSPS) is 16.8. The molecule has 1 aromatic heterocycles. The molecule has 1 saturated heterocycles. The number of likely N-dealkylation sites (tertiary alicyclic amines) is 1. The Morgan fingerprint density at radius 3 is 2.73 bits per heavy atom. The van der Waals surface area contributed by atoms with Gasteiger partial charge in [-0.2, -0.15) is 0 Å². The van der Waals surface area contributed by atoms with Crippen molar-refractivity contribution >= 4 is 28.3 Å². The Morgan fingerprint density at radius 1 is 1.03 bits per heavy atom. The molecule has 0 atom stereocenters. The van der Waals surface area contributed by atoms with Crippen molar-refractivity contribution in [2.75, 3.05) is 31.7 Å². The van der Waals surface area contributed by atoms with Crippen molar-refractivity contribution in [2.45, 2.75) is 25.3 Å². The van der Waals surface area contributed by atoms with Crippen molar-refractivity contribution in [1.29, 1.82) is 0 Å². The number of benzene rings is 2. The molecule has 30 heavy (non-hydrogen) atoms. The molecule has 1 N–H and O–H groups in total. The van der Waals surface area contributed by atoms with Gasteiger partial charge in [0.15, 0.2) is 11.5 Å². The van der Waals surface area contributed by atoms with Gasteiger partial charge in [0.2, 0.25) is 6.79 Å². The van der Waals surface area contributed by atoms with Crippen LogP contribution in [-0.4, -0.2) is 37.4 Å². The maximum atomic E-state index is 11.9. The fourth-order valence-electron chi connectivity index (χ4n) is 4.16. The molecule has 2 aliphatic rings. The molecule has 0 unspecified atom stereocenters. The van der Waals surface area contributed by atoms with Crippen LogP contribution in [0.15, 0.2) is 51.7 Å². The summed E-state index contributed by atoms with van der Waals surface area (Å²) in [6.45, 7) is 3.36. The number of halogens is 1. The maximum absolute atomic E-state index is 11.9. The van der Waals surface area contributed by atoms with E-state index >= 15 is 0 Å². The smallest absolute Gasteiger partial charge is 0.338 e. The number of nitrogens with zero attached hydrogens (tertiary/aromatic N) is 1. The van der Waals surface area contributed by atoms with Crippen molar-refractivity contribution < 1.29 is 13.9 Å². The largest absolute Gasteiger partial charge is 0.454 e. The molecule has 7 heteroatoms. The van der Waals surface area contributed by atoms with Crippen LogP contribution in [-0.2, 0) is 6.42 Å². The van der Waals surface area contributed by atoms with Crippen LogP contribution in [0.4, 0.5) is 5.69 Å². The van der Waals surface area contributed by atoms with Gasteiger partial charge >= 0.3 is 5.63 Å². The third-order valence-corrected chi connectivity index (χ3v) is 6.04. The fraction of sp³-hybridized carbons (Fsp3) is 0.348. The van der Waals surface area contributed by atoms with Gasteiger partial charge in [-0.05, 0) is 55.2 Å². The Kier molecular flexibility index (Phi) is 5.27. The molecule has 2 aliphatic heterocycles. The lowest BCUT2D eigenvalue weighted by Crippen LogP contribution is -2.40. The van der Waals surface area contributed by atoms with Gasteiger partial charge in [0.05, 0.1) is 5.69 Å². The molecule has 156 valence electrons. The molecule has 2 aromatic carbocycles. The number of hydrogen-bond acceptors (Lipinski definition) is 6. The SMILES string of the molecule is O=c1cc(NC2CCN(CCc3ccc4c(c3)OCO4)CC2)c2cc(Cl)ccc2o1. The van der Waals surface area contributed by atoms with Crippen molar-refractivity contribution in [2.24, 2.45) is 0 Å². The first-order chi connectivity index (χ1) is 14.6. The van der Waals surface area contributed by atoms with Gasteiger partial charge in [0.1, 0.15) is 5.58 Å². The summed E-state index contributed by atoms with van der Waals surface area (Å²) < 4.78 is 16.1. The van der Waals surface area contributed by atoms with E-state index in [1.54, 1.807) is 12.1 Å². The van der Waals surface area contributed by atoms with E-state index in [-0.39, 0.29) is 5.63 Å². The van der Waals surface area contributed by atoms with Gasteiger partial charge in [-0.15, -0.1) is 0 Å². The highest BCUT2D eigenvalue weighted by atomic mass is 35.5. The fourth-order valence-corrected chi connectivity index (χ4v) is 4.33. The van der Waals surface area contributed by atoms with Crippen LogP contribution in [0.2, 0.25) is 5.02 Å². The second-order valence-corrected chi connectivity index (χ2v) is 8.25. The van der Waals surface area contributed by atoms with Crippen molar-refractivity contribution in [1.82, 2.24) is 4.90 Å². The van der Waals surface area contributed by atoms with E-state index in [2.05, 4.69) is 22.3 Å². The van der Waals surface area contributed by atoms with E-state index in [9.17, 15) is 4.79 Å². The first-order valence-corrected chi connectivity index (χ1v) is 10.6. The van der Waals surface area contributed by atoms with Crippen molar-refractivity contribution in [3.05, 3.63) is 63.5 Å². The third-order valence-electron chi connectivity index (χ3n) is 5.81. The maximum Gasteiger partial charge on any atom is 0.338 e. The third kappa shape index (κ3) is 4.11. The molecule has 0 radical (unpaired) electrons. The summed E-state index contributed by atoms with van der Waals surface area (Å²) in [6, 6.07) is 13.3. The number of fused-ring (bicyclic) bond motifs is 2. The first kappa shape index (κ1) is 19.3. The molecule has 0 spiro atoms. The lowest BCUT2D eigenvalue weighted by atomic mass is 10.0. The van der Waals surface area contributed by atoms with Crippen LogP contribution >= 0.6 is 11.6 Å². The Balaban J connectivity index is 1.18. The Hall–Kier alpha value is -2.70. The Morgan fingerprint density at radius 2 is 1.87 bits per heavy atom. The lowest BCUT2D eigenvalue weighted by molar-refractivity contribution is 0.174. The summed E-state index contributed by atoms with van der Waals surface area (Å²) in [5.74, 6) is 1.67. The van der Waals surface area contributed by atoms with Crippen molar-refractivity contribution in [3.63, 3.8) is 0 Å². The lowest BCUT2D eigenvalue weighted by Gasteiger charge is -2.33. The highest BCUT2D eigenvalue weighted by molar-refractivity contribution is 6.31. The zero-order chi connectivity index (χ0) is 20.5. The number of piperidine rings is 1. The van der Waals surface area contributed by atoms with E-state index in [0.29, 0.717) is 23.4 Å². The topological polar surface area (TPSA) is 63.9 Å². The van der Waals surface area contributed by atoms with Crippen LogP contribution in [0.5, 0.6) is 11.5 Å². The minimum Gasteiger partial charge on any atom is -0.454 e. The molecule has 0 bridgehead atoms. The Labute approximate surface area is 179 Å². The standard InChI is InChI=1S/C23H23ClN2O4/c24-16-2-4-20-18(12-16)19(13-23(27)30-20)25-17-6-9-26(10-7-17)8-5-15-1-3-21-22(11-15)29-14-28-21/h1-4,11-13,17,25H,5-10,14H2. The summed E-state index contributed by atoms with van der Waals surface area (Å²) in [5.41, 5.74) is 2.26. The molecular weight excluding hydrogens is 404 g/mol. The Bertz CT molecular complexity index is 1120. The molecule has 1 fully saturated rings. The summed E-state index contributed by atoms with van der Waals surface area (Å²) in [4.78, 5) is 14.4. The van der Waals surface area contributed by atoms with Gasteiger partial charge in [-0.25, -0.2) is 4.79 Å². The average molecular weight is 427 g/mol. The highest BCUT2D eigenvalue weighted by Gasteiger charge is 2.20. The number of hydrogen-bond donors (Lipinski definition) is 1. The zero-order valence-corrected chi connectivity index (χ0v) is 17.3. The van der Waals surface area contributed by atoms with Gasteiger partial charge < -0.3 is 24.1 Å². The van der Waals surface area contributed by atoms with E-state index in [4.69, 9.17) is 25.5 Å². The zero-order valence-electron chi connectivity index (χ0n) is 16.5. The summed E-state index contributed by atoms with van der Waals surface area (Å²) in [5, 5.41) is 5.00. The minimum atomic E-state index is -0.353. The van der Waals surface area contributed by atoms with Crippen LogP contribution < -0.4 is 20.4 Å². The monoisotopic (exact) mass is 426 g/mol. The van der Waals surface area contributed by atoms with Crippen LogP contribution in [0.1, 0.15) is 18.4 Å². The number of anilines is 1. The second kappa shape index (κ2) is 8.20. The molecule has 0 amide bonds. The molecule has 5 rings (SSSR count). The first-order valence-electron chi connectivity index (χ1n) is 10.2. The molecule has 3 heterocycles. The number of ether oxygens (including phenoxy) is 2. The summed E-state index contributed by atoms with van der Waals surface area (Å²) in [6.07, 6.45) is 3.02. The minimum absolute atomic E-state index is 0.310. The van der Waals surface area contributed by atoms with E-state index in [1.807, 2.05) is 12.1 Å². The summed E-state index contributed by atoms with van der Waals surface area (Å²) in [7, 11) is 0. The molecule has 6 nitrogen and oxygen atoms in total. The van der Waals surface area contributed by atoms with Gasteiger partial charge in [-0.3, -0.25) is 0 Å². The van der Waals surface area contributed by atoms with E-state index in [1.165, 1.54) is 11.6 Å². The quantitative estimate of drug-likeness (QED) is 0.614. The molecular formula is C23H23ClN2O4. The highest BCUT2D eigenvalue weighted by Crippen LogP contribution is 2.33. The van der Waals surface area contributed by atoms with Gasteiger partial charge in [0, 0.05) is 42.2 Å². The number of nitrogens with one attached hydrogen (secondary N) is 1. The van der Waals surface area contributed by atoms with Crippen LogP contribution in [0.3, 0.4) is 0 Å². The van der Waals surface area contributed by atoms with Gasteiger partial charge in [-0.1, -0.05) is 17.7 Å². The molecule has 0 aliphatic carbocycles. The van der Waals surface area contributed by atoms with Gasteiger partial charge in [0.25, 0.3) is 0 Å². The van der Waals surface area contributed by atoms with E-state index < -0.39 is 0 Å². The van der Waals surface area contributed by atoms with Crippen molar-refractivity contribution in [3.8, 4) is 11.5 Å². The summed E-state index contributed by atoms with van der Waals surface area (Å²) >= 11 is 6.14. The molecule has 0 saturated carbocycles. The number of rotatable bonds is 5. The predicted octanol–water partition coefficient (Wildman–Crippen LogP) is 4.29. The van der Waals surface area contributed by atoms with E-state index in [0.717, 1.165) is 61.5 Å². The second-order valence-electron chi connectivity index (χ2n) is 7.82. The predicted molar refractivity (Wildman–Crippen MR) is 117 cm³/mol. The molecule has 3 aromatic rings. The van der Waals surface area contributed by atoms with Crippen LogP contribution in [0.25, 0.3) is 11.0 Å². The van der Waals surface area contributed by atoms with Crippen LogP contribution in [0, 0.1) is 0 Å².